The Labute approximate surface area is 185 Å². The molecule has 0 bridgehead atoms. The van der Waals surface area contributed by atoms with Crippen LogP contribution in [0, 0.1) is 6.92 Å². The van der Waals surface area contributed by atoms with Crippen molar-refractivity contribution in [2.45, 2.75) is 18.4 Å². The summed E-state index contributed by atoms with van der Waals surface area (Å²) in [5.74, 6) is -0.576. The molecule has 31 heavy (non-hydrogen) atoms. The van der Waals surface area contributed by atoms with Crippen molar-refractivity contribution in [2.75, 3.05) is 26.3 Å². The van der Waals surface area contributed by atoms with E-state index in [-0.39, 0.29) is 17.1 Å². The van der Waals surface area contributed by atoms with E-state index < -0.39 is 16.0 Å². The molecule has 4 rings (SSSR count). The van der Waals surface area contributed by atoms with Crippen LogP contribution in [0.4, 0.5) is 0 Å². The van der Waals surface area contributed by atoms with Crippen LogP contribution in [0.1, 0.15) is 20.9 Å². The summed E-state index contributed by atoms with van der Waals surface area (Å²) in [5.41, 5.74) is 2.01. The third kappa shape index (κ3) is 4.85. The molecule has 1 saturated heterocycles. The average Bonchev–Trinajstić information content (AvgIpc) is 3.19. The van der Waals surface area contributed by atoms with Crippen molar-refractivity contribution in [1.29, 1.82) is 0 Å². The van der Waals surface area contributed by atoms with Gasteiger partial charge in [0, 0.05) is 18.7 Å². The van der Waals surface area contributed by atoms with E-state index in [1.807, 2.05) is 37.3 Å². The van der Waals surface area contributed by atoms with E-state index in [0.717, 1.165) is 21.1 Å². The predicted molar refractivity (Wildman–Crippen MR) is 117 cm³/mol. The summed E-state index contributed by atoms with van der Waals surface area (Å²) >= 11 is 1.47. The fourth-order valence-corrected chi connectivity index (χ4v) is 5.64. The molecule has 0 saturated carbocycles. The zero-order chi connectivity index (χ0) is 21.8. The average molecular weight is 459 g/mol. The molecule has 1 aliphatic rings. The Balaban J connectivity index is 1.46. The third-order valence-electron chi connectivity index (χ3n) is 4.93. The smallest absolute Gasteiger partial charge is 0.338 e. The van der Waals surface area contributed by atoms with Crippen LogP contribution < -0.4 is 0 Å². The van der Waals surface area contributed by atoms with Gasteiger partial charge in [0.05, 0.1) is 34.2 Å². The molecule has 9 heteroatoms. The van der Waals surface area contributed by atoms with Crippen molar-refractivity contribution < 1.29 is 22.7 Å². The van der Waals surface area contributed by atoms with Crippen molar-refractivity contribution in [3.63, 3.8) is 0 Å². The van der Waals surface area contributed by atoms with Crippen LogP contribution in [0.5, 0.6) is 0 Å². The normalized spacial score (nSPS) is 15.0. The highest BCUT2D eigenvalue weighted by atomic mass is 32.2. The standard InChI is InChI=1S/C22H22N2O5S2/c1-16-20(30-21(23-16)17-6-3-2-4-7-17)15-29-22(25)18-8-5-9-19(14-18)31(26,27)24-10-12-28-13-11-24/h2-9,14H,10-13,15H2,1H3. The molecule has 2 heterocycles. The number of hydrogen-bond donors (Lipinski definition) is 0. The second-order valence-corrected chi connectivity index (χ2v) is 10.0. The van der Waals surface area contributed by atoms with Gasteiger partial charge in [0.2, 0.25) is 10.0 Å². The number of sulfonamides is 1. The van der Waals surface area contributed by atoms with Crippen molar-refractivity contribution in [3.8, 4) is 10.6 Å². The summed E-state index contributed by atoms with van der Waals surface area (Å²) in [6.07, 6.45) is 0. The van der Waals surface area contributed by atoms with Gasteiger partial charge in [-0.05, 0) is 25.1 Å². The second kappa shape index (κ2) is 9.27. The van der Waals surface area contributed by atoms with Crippen LogP contribution in [0.25, 0.3) is 10.6 Å². The first-order chi connectivity index (χ1) is 14.9. The maximum absolute atomic E-state index is 12.8. The Morgan fingerprint density at radius 2 is 1.87 bits per heavy atom. The first-order valence-corrected chi connectivity index (χ1v) is 12.1. The van der Waals surface area contributed by atoms with Gasteiger partial charge in [-0.3, -0.25) is 0 Å². The lowest BCUT2D eigenvalue weighted by Crippen LogP contribution is -2.40. The highest BCUT2D eigenvalue weighted by molar-refractivity contribution is 7.89. The van der Waals surface area contributed by atoms with Crippen molar-refractivity contribution in [3.05, 3.63) is 70.7 Å². The maximum Gasteiger partial charge on any atom is 0.338 e. The van der Waals surface area contributed by atoms with Crippen LogP contribution in [-0.4, -0.2) is 50.0 Å². The minimum Gasteiger partial charge on any atom is -0.456 e. The molecule has 0 N–H and O–H groups in total. The maximum atomic E-state index is 12.8. The van der Waals surface area contributed by atoms with Crippen molar-refractivity contribution in [2.24, 2.45) is 0 Å². The van der Waals surface area contributed by atoms with Crippen LogP contribution in [-0.2, 0) is 26.1 Å². The van der Waals surface area contributed by atoms with Crippen LogP contribution in [0.15, 0.2) is 59.5 Å². The molecule has 7 nitrogen and oxygen atoms in total. The number of rotatable bonds is 6. The van der Waals surface area contributed by atoms with Gasteiger partial charge in [0.15, 0.2) is 0 Å². The number of morpholine rings is 1. The fourth-order valence-electron chi connectivity index (χ4n) is 3.20. The van der Waals surface area contributed by atoms with Gasteiger partial charge in [0.25, 0.3) is 0 Å². The zero-order valence-corrected chi connectivity index (χ0v) is 18.6. The second-order valence-electron chi connectivity index (χ2n) is 7.01. The molecule has 162 valence electrons. The lowest BCUT2D eigenvalue weighted by atomic mass is 10.2. The number of ether oxygens (including phenoxy) is 2. The van der Waals surface area contributed by atoms with Crippen LogP contribution in [0.3, 0.4) is 0 Å². The van der Waals surface area contributed by atoms with Crippen LogP contribution >= 0.6 is 11.3 Å². The van der Waals surface area contributed by atoms with E-state index in [1.54, 1.807) is 12.1 Å². The summed E-state index contributed by atoms with van der Waals surface area (Å²) < 4.78 is 37.7. The summed E-state index contributed by atoms with van der Waals surface area (Å²) in [6, 6.07) is 15.8. The summed E-state index contributed by atoms with van der Waals surface area (Å²) in [7, 11) is -3.68. The molecular formula is C22H22N2O5S2. The Morgan fingerprint density at radius 1 is 1.13 bits per heavy atom. The van der Waals surface area contributed by atoms with E-state index in [0.29, 0.717) is 26.3 Å². The van der Waals surface area contributed by atoms with Crippen LogP contribution in [0.2, 0.25) is 0 Å². The number of nitrogens with zero attached hydrogens (tertiary/aromatic N) is 2. The summed E-state index contributed by atoms with van der Waals surface area (Å²) in [4.78, 5) is 18.1. The molecule has 1 aliphatic heterocycles. The highest BCUT2D eigenvalue weighted by Crippen LogP contribution is 2.28. The minimum absolute atomic E-state index is 0.0733. The van der Waals surface area contributed by atoms with E-state index in [9.17, 15) is 13.2 Å². The largest absolute Gasteiger partial charge is 0.456 e. The van der Waals surface area contributed by atoms with E-state index in [2.05, 4.69) is 4.98 Å². The molecule has 2 aromatic carbocycles. The van der Waals surface area contributed by atoms with Gasteiger partial charge >= 0.3 is 5.97 Å². The molecule has 0 radical (unpaired) electrons. The molecule has 0 spiro atoms. The van der Waals surface area contributed by atoms with Gasteiger partial charge in [0.1, 0.15) is 11.6 Å². The Bertz CT molecular complexity index is 1170. The minimum atomic E-state index is -3.68. The lowest BCUT2D eigenvalue weighted by molar-refractivity contribution is 0.0475. The molecule has 0 unspecified atom stereocenters. The number of hydrogen-bond acceptors (Lipinski definition) is 7. The van der Waals surface area contributed by atoms with Crippen molar-refractivity contribution in [1.82, 2.24) is 9.29 Å². The van der Waals surface area contributed by atoms with Gasteiger partial charge in [-0.15, -0.1) is 11.3 Å². The van der Waals surface area contributed by atoms with E-state index >= 15 is 0 Å². The van der Waals surface area contributed by atoms with Crippen molar-refractivity contribution >= 4 is 27.3 Å². The number of carbonyl (C=O) groups excluding carboxylic acids is 1. The molecule has 1 aromatic heterocycles. The first-order valence-electron chi connectivity index (χ1n) is 9.82. The van der Waals surface area contributed by atoms with E-state index in [1.165, 1.54) is 27.8 Å². The first kappa shape index (κ1) is 21.6. The Morgan fingerprint density at radius 3 is 2.61 bits per heavy atom. The fraction of sp³-hybridized carbons (Fsp3) is 0.273. The quantitative estimate of drug-likeness (QED) is 0.526. The number of aromatic nitrogens is 1. The molecule has 0 aliphatic carbocycles. The SMILES string of the molecule is Cc1nc(-c2ccccc2)sc1COC(=O)c1cccc(S(=O)(=O)N2CCOCC2)c1. The summed E-state index contributed by atoms with van der Waals surface area (Å²) in [5, 5.41) is 0.864. The molecule has 3 aromatic rings. The highest BCUT2D eigenvalue weighted by Gasteiger charge is 2.27. The molecule has 0 atom stereocenters. The summed E-state index contributed by atoms with van der Waals surface area (Å²) in [6.45, 7) is 3.27. The Hall–Kier alpha value is -2.59. The number of esters is 1. The number of aryl methyl sites for hydroxylation is 1. The lowest BCUT2D eigenvalue weighted by Gasteiger charge is -2.26. The molecule has 0 amide bonds. The van der Waals surface area contributed by atoms with Gasteiger partial charge < -0.3 is 9.47 Å². The van der Waals surface area contributed by atoms with Gasteiger partial charge in [-0.1, -0.05) is 36.4 Å². The number of thiazole rings is 1. The number of carbonyl (C=O) groups is 1. The topological polar surface area (TPSA) is 85.8 Å². The third-order valence-corrected chi connectivity index (χ3v) is 8.00. The predicted octanol–water partition coefficient (Wildman–Crippen LogP) is 3.50. The zero-order valence-electron chi connectivity index (χ0n) is 17.0. The number of benzene rings is 2. The monoisotopic (exact) mass is 458 g/mol. The van der Waals surface area contributed by atoms with E-state index in [4.69, 9.17) is 9.47 Å². The molecule has 1 fully saturated rings. The molecular weight excluding hydrogens is 436 g/mol. The van der Waals surface area contributed by atoms with Gasteiger partial charge in [-0.2, -0.15) is 4.31 Å². The Kier molecular flexibility index (Phi) is 6.47. The van der Waals surface area contributed by atoms with Gasteiger partial charge in [-0.25, -0.2) is 18.2 Å².